The molecule has 96 valence electrons. The summed E-state index contributed by atoms with van der Waals surface area (Å²) in [5.41, 5.74) is 0.874. The number of halogens is 2. The second-order valence-electron chi connectivity index (χ2n) is 4.37. The molecule has 1 amide bonds. The topological polar surface area (TPSA) is 29.1 Å². The summed E-state index contributed by atoms with van der Waals surface area (Å²) in [4.78, 5) is 12.8. The predicted octanol–water partition coefficient (Wildman–Crippen LogP) is 4.35. The molecule has 1 heterocycles. The molecular formula is C12H17BrClNOS. The van der Waals surface area contributed by atoms with Crippen molar-refractivity contribution in [2.75, 3.05) is 5.88 Å². The van der Waals surface area contributed by atoms with Crippen LogP contribution in [0.2, 0.25) is 0 Å². The molecule has 1 N–H and O–H groups in total. The van der Waals surface area contributed by atoms with Crippen LogP contribution in [0.4, 0.5) is 0 Å². The van der Waals surface area contributed by atoms with Gasteiger partial charge in [-0.05, 0) is 54.2 Å². The van der Waals surface area contributed by atoms with Gasteiger partial charge in [-0.25, -0.2) is 0 Å². The van der Waals surface area contributed by atoms with E-state index < -0.39 is 0 Å². The lowest BCUT2D eigenvalue weighted by molar-refractivity contribution is 0.0905. The number of thiophene rings is 1. The van der Waals surface area contributed by atoms with E-state index in [0.29, 0.717) is 5.88 Å². The summed E-state index contributed by atoms with van der Waals surface area (Å²) in [5, 5.41) is 3.07. The van der Waals surface area contributed by atoms with Crippen LogP contribution >= 0.6 is 38.9 Å². The second-order valence-corrected chi connectivity index (χ2v) is 7.12. The molecule has 2 nitrogen and oxygen atoms in total. The third kappa shape index (κ3) is 3.97. The van der Waals surface area contributed by atoms with Crippen LogP contribution in [0.25, 0.3) is 0 Å². The number of rotatable bonds is 5. The van der Waals surface area contributed by atoms with Crippen LogP contribution in [0, 0.1) is 6.92 Å². The first-order valence-electron chi connectivity index (χ1n) is 5.56. The molecule has 0 bridgehead atoms. The lowest BCUT2D eigenvalue weighted by atomic mass is 9.95. The van der Waals surface area contributed by atoms with E-state index in [1.165, 1.54) is 11.3 Å². The number of hydrogen-bond acceptors (Lipinski definition) is 2. The van der Waals surface area contributed by atoms with Gasteiger partial charge in [0.2, 0.25) is 0 Å². The molecule has 1 aromatic heterocycles. The molecule has 0 saturated heterocycles. The Kier molecular flexibility index (Phi) is 5.48. The van der Waals surface area contributed by atoms with Crippen LogP contribution in [-0.2, 0) is 0 Å². The lowest BCUT2D eigenvalue weighted by Gasteiger charge is -2.28. The van der Waals surface area contributed by atoms with Gasteiger partial charge in [0.25, 0.3) is 5.91 Å². The van der Waals surface area contributed by atoms with Gasteiger partial charge in [0.1, 0.15) is 0 Å². The zero-order chi connectivity index (χ0) is 13.1. The summed E-state index contributed by atoms with van der Waals surface area (Å²) in [5.74, 6) is 0.538. The van der Waals surface area contributed by atoms with Crippen molar-refractivity contribution in [2.45, 2.75) is 39.2 Å². The van der Waals surface area contributed by atoms with E-state index in [2.05, 4.69) is 28.2 Å². The Balaban J connectivity index is 2.77. The van der Waals surface area contributed by atoms with Crippen LogP contribution in [0.3, 0.4) is 0 Å². The molecule has 17 heavy (non-hydrogen) atoms. The quantitative estimate of drug-likeness (QED) is 0.795. The third-order valence-electron chi connectivity index (χ3n) is 2.92. The molecule has 0 saturated carbocycles. The van der Waals surface area contributed by atoms with Gasteiger partial charge >= 0.3 is 0 Å². The Morgan fingerprint density at radius 2 is 2.29 bits per heavy atom. The highest BCUT2D eigenvalue weighted by atomic mass is 79.9. The number of alkyl halides is 1. The number of aryl methyl sites for hydroxylation is 1. The zero-order valence-corrected chi connectivity index (χ0v) is 13.4. The second kappa shape index (κ2) is 6.21. The molecule has 1 rings (SSSR count). The summed E-state index contributed by atoms with van der Waals surface area (Å²) in [6.45, 7) is 6.07. The Morgan fingerprint density at radius 1 is 1.65 bits per heavy atom. The summed E-state index contributed by atoms with van der Waals surface area (Å²) in [6, 6.07) is 1.90. The Hall–Kier alpha value is -0.0600. The average molecular weight is 339 g/mol. The van der Waals surface area contributed by atoms with Gasteiger partial charge in [-0.1, -0.05) is 6.92 Å². The van der Waals surface area contributed by atoms with Crippen molar-refractivity contribution in [1.29, 1.82) is 0 Å². The number of carbonyl (C=O) groups excluding carboxylic acids is 1. The van der Waals surface area contributed by atoms with Gasteiger partial charge in [0.15, 0.2) is 0 Å². The van der Waals surface area contributed by atoms with Crippen molar-refractivity contribution in [3.63, 3.8) is 0 Å². The Bertz CT molecular complexity index is 388. The van der Waals surface area contributed by atoms with Gasteiger partial charge < -0.3 is 5.32 Å². The van der Waals surface area contributed by atoms with E-state index in [0.717, 1.165) is 27.1 Å². The van der Waals surface area contributed by atoms with E-state index in [4.69, 9.17) is 11.6 Å². The minimum Gasteiger partial charge on any atom is -0.346 e. The van der Waals surface area contributed by atoms with E-state index in [1.807, 2.05) is 19.9 Å². The minimum absolute atomic E-state index is 0.0155. The summed E-state index contributed by atoms with van der Waals surface area (Å²) >= 11 is 10.7. The van der Waals surface area contributed by atoms with E-state index in [9.17, 15) is 4.79 Å². The van der Waals surface area contributed by atoms with E-state index in [-0.39, 0.29) is 11.4 Å². The van der Waals surface area contributed by atoms with Gasteiger partial charge in [-0.3, -0.25) is 4.79 Å². The van der Waals surface area contributed by atoms with Crippen LogP contribution in [0.1, 0.15) is 41.9 Å². The molecule has 5 heteroatoms. The first-order chi connectivity index (χ1) is 7.91. The maximum Gasteiger partial charge on any atom is 0.261 e. The summed E-state index contributed by atoms with van der Waals surface area (Å²) in [7, 11) is 0. The average Bonchev–Trinajstić information content (AvgIpc) is 2.60. The van der Waals surface area contributed by atoms with Crippen molar-refractivity contribution >= 4 is 44.8 Å². The molecule has 0 aromatic carbocycles. The van der Waals surface area contributed by atoms with Gasteiger partial charge in [-0.15, -0.1) is 22.9 Å². The molecule has 1 unspecified atom stereocenters. The molecule has 0 aliphatic rings. The largest absolute Gasteiger partial charge is 0.346 e. The molecule has 1 aromatic rings. The monoisotopic (exact) mass is 337 g/mol. The number of carbonyl (C=O) groups is 1. The first kappa shape index (κ1) is 15.0. The standard InChI is InChI=1S/C12H17BrClNOS/c1-4-12(3,5-6-14)15-11(16)9-7-8(2)10(13)17-9/h7H,4-6H2,1-3H3,(H,15,16). The Morgan fingerprint density at radius 3 is 2.71 bits per heavy atom. The molecule has 1 atom stereocenters. The maximum atomic E-state index is 12.1. The summed E-state index contributed by atoms with van der Waals surface area (Å²) < 4.78 is 1.01. The third-order valence-corrected chi connectivity index (χ3v) is 5.25. The molecule has 0 aliphatic heterocycles. The van der Waals surface area contributed by atoms with E-state index in [1.54, 1.807) is 0 Å². The van der Waals surface area contributed by atoms with Crippen molar-refractivity contribution < 1.29 is 4.79 Å². The highest BCUT2D eigenvalue weighted by Crippen LogP contribution is 2.28. The molecule has 0 fully saturated rings. The number of hydrogen-bond donors (Lipinski definition) is 1. The highest BCUT2D eigenvalue weighted by molar-refractivity contribution is 9.11. The SMILES string of the molecule is CCC(C)(CCCl)NC(=O)c1cc(C)c(Br)s1. The van der Waals surface area contributed by atoms with Crippen LogP contribution in [-0.4, -0.2) is 17.3 Å². The fraction of sp³-hybridized carbons (Fsp3) is 0.583. The molecule has 0 radical (unpaired) electrons. The first-order valence-corrected chi connectivity index (χ1v) is 7.70. The van der Waals surface area contributed by atoms with Crippen LogP contribution in [0.5, 0.6) is 0 Å². The smallest absolute Gasteiger partial charge is 0.261 e. The molecular weight excluding hydrogens is 322 g/mol. The van der Waals surface area contributed by atoms with E-state index >= 15 is 0 Å². The van der Waals surface area contributed by atoms with Crippen molar-refractivity contribution in [2.24, 2.45) is 0 Å². The number of nitrogens with one attached hydrogen (secondary N) is 1. The minimum atomic E-state index is -0.219. The van der Waals surface area contributed by atoms with Crippen LogP contribution < -0.4 is 5.32 Å². The van der Waals surface area contributed by atoms with Crippen molar-refractivity contribution in [3.05, 3.63) is 20.3 Å². The summed E-state index contributed by atoms with van der Waals surface area (Å²) in [6.07, 6.45) is 1.65. The maximum absolute atomic E-state index is 12.1. The highest BCUT2D eigenvalue weighted by Gasteiger charge is 2.25. The molecule has 0 aliphatic carbocycles. The van der Waals surface area contributed by atoms with Crippen molar-refractivity contribution in [1.82, 2.24) is 5.32 Å². The lowest BCUT2D eigenvalue weighted by Crippen LogP contribution is -2.45. The molecule has 0 spiro atoms. The number of amides is 1. The Labute approximate surface area is 120 Å². The van der Waals surface area contributed by atoms with Gasteiger partial charge in [0, 0.05) is 11.4 Å². The van der Waals surface area contributed by atoms with Gasteiger partial charge in [0.05, 0.1) is 8.66 Å². The van der Waals surface area contributed by atoms with Gasteiger partial charge in [-0.2, -0.15) is 0 Å². The predicted molar refractivity (Wildman–Crippen MR) is 78.3 cm³/mol. The fourth-order valence-corrected chi connectivity index (χ4v) is 3.29. The zero-order valence-electron chi connectivity index (χ0n) is 10.3. The van der Waals surface area contributed by atoms with Crippen LogP contribution in [0.15, 0.2) is 9.85 Å². The normalized spacial score (nSPS) is 14.4. The van der Waals surface area contributed by atoms with Crippen molar-refractivity contribution in [3.8, 4) is 0 Å². The fourth-order valence-electron chi connectivity index (χ4n) is 1.44.